The molecule has 0 aliphatic carbocycles. The van der Waals surface area contributed by atoms with E-state index in [4.69, 9.17) is 0 Å². The molecule has 0 saturated heterocycles. The van der Waals surface area contributed by atoms with Gasteiger partial charge in [-0.1, -0.05) is 82.3 Å². The Morgan fingerprint density at radius 3 is 1.50 bits per heavy atom. The summed E-state index contributed by atoms with van der Waals surface area (Å²) in [7, 11) is 6.58. The lowest BCUT2D eigenvalue weighted by Crippen LogP contribution is -1.97. The number of nitrogens with zero attached hydrogens (tertiary/aromatic N) is 8. The average Bonchev–Trinajstić information content (AvgIpc) is 3.55. The fraction of sp³-hybridized carbons (Fsp3) is 0.0909. The van der Waals surface area contributed by atoms with Gasteiger partial charge in [0.1, 0.15) is 0 Å². The molecule has 0 bridgehead atoms. The van der Waals surface area contributed by atoms with Gasteiger partial charge >= 0.3 is 0 Å². The molecular weight excluding hydrogens is 505 g/mol. The maximum Gasteiger partial charge on any atom is 0.224 e. The van der Waals surface area contributed by atoms with E-state index in [0.29, 0.717) is 0 Å². The summed E-state index contributed by atoms with van der Waals surface area (Å²) >= 11 is 0. The summed E-state index contributed by atoms with van der Waals surface area (Å²) in [5.41, 5.74) is 4.41. The van der Waals surface area contributed by atoms with Crippen LogP contribution in [0.5, 0.6) is 0 Å². The first-order valence-electron chi connectivity index (χ1n) is 10.2. The van der Waals surface area contributed by atoms with Crippen molar-refractivity contribution in [3.8, 4) is 11.4 Å². The smallest absolute Gasteiger partial charge is 0.187 e. The van der Waals surface area contributed by atoms with Crippen molar-refractivity contribution < 1.29 is 0 Å². The van der Waals surface area contributed by atoms with Gasteiger partial charge in [0.25, 0.3) is 0 Å². The Labute approximate surface area is 212 Å². The van der Waals surface area contributed by atoms with Crippen LogP contribution in [0.15, 0.2) is 95.2 Å². The van der Waals surface area contributed by atoms with Crippen LogP contribution >= 0.6 is 43.2 Å². The Hall–Kier alpha value is -2.80. The van der Waals surface area contributed by atoms with Gasteiger partial charge in [0.15, 0.2) is 0 Å². The molecule has 0 atom stereocenters. The van der Waals surface area contributed by atoms with Gasteiger partial charge < -0.3 is 0 Å². The van der Waals surface area contributed by atoms with Gasteiger partial charge in [0.05, 0.1) is 11.4 Å². The molecule has 5 aromatic rings. The highest BCUT2D eigenvalue weighted by Crippen LogP contribution is 2.35. The molecule has 0 spiro atoms. The van der Waals surface area contributed by atoms with Gasteiger partial charge in [0, 0.05) is 11.5 Å². The predicted octanol–water partition coefficient (Wildman–Crippen LogP) is 5.52. The van der Waals surface area contributed by atoms with Gasteiger partial charge in [-0.15, -0.1) is 10.2 Å². The van der Waals surface area contributed by atoms with Crippen molar-refractivity contribution in [2.75, 3.05) is 0 Å². The molecule has 5 rings (SSSR count). The van der Waals surface area contributed by atoms with E-state index in [1.807, 2.05) is 60.7 Å². The van der Waals surface area contributed by atoms with Crippen molar-refractivity contribution in [1.29, 1.82) is 0 Å². The van der Waals surface area contributed by atoms with E-state index >= 15 is 0 Å². The van der Waals surface area contributed by atoms with Gasteiger partial charge in [-0.05, 0) is 77.8 Å². The van der Waals surface area contributed by atoms with E-state index in [0.717, 1.165) is 33.2 Å². The lowest BCUT2D eigenvalue weighted by molar-refractivity contribution is 0.758. The third kappa shape index (κ3) is 5.81. The lowest BCUT2D eigenvalue weighted by Gasteiger charge is -2.06. The van der Waals surface area contributed by atoms with Gasteiger partial charge in [0.2, 0.25) is 10.3 Å². The Morgan fingerprint density at radius 1 is 0.559 bits per heavy atom. The third-order valence-corrected chi connectivity index (χ3v) is 8.85. The molecular formula is C22H18N8S4. The molecule has 0 aliphatic heterocycles. The second-order valence-electron chi connectivity index (χ2n) is 6.93. The Morgan fingerprint density at radius 2 is 1.03 bits per heavy atom. The summed E-state index contributed by atoms with van der Waals surface area (Å²) in [5.74, 6) is 1.70. The zero-order valence-corrected chi connectivity index (χ0v) is 21.0. The highest BCUT2D eigenvalue weighted by molar-refractivity contribution is 8.76. The molecule has 12 heteroatoms. The molecule has 0 saturated carbocycles. The minimum absolute atomic E-state index is 0.760. The van der Waals surface area contributed by atoms with Crippen molar-refractivity contribution in [2.45, 2.75) is 21.8 Å². The first kappa shape index (κ1) is 23.0. The van der Waals surface area contributed by atoms with E-state index in [9.17, 15) is 0 Å². The molecule has 8 nitrogen and oxygen atoms in total. The van der Waals surface area contributed by atoms with Crippen LogP contribution in [0.3, 0.4) is 0 Å². The fourth-order valence-electron chi connectivity index (χ4n) is 3.03. The second-order valence-corrected chi connectivity index (χ2v) is 11.5. The maximum absolute atomic E-state index is 4.15. The molecule has 0 unspecified atom stereocenters. The average molecular weight is 523 g/mol. The van der Waals surface area contributed by atoms with E-state index in [-0.39, 0.29) is 0 Å². The Balaban J connectivity index is 1.14. The van der Waals surface area contributed by atoms with Crippen LogP contribution in [0.25, 0.3) is 11.4 Å². The summed E-state index contributed by atoms with van der Waals surface area (Å²) in [6, 6.07) is 28.4. The molecule has 2 heterocycles. The molecule has 2 aromatic heterocycles. The van der Waals surface area contributed by atoms with E-state index < -0.39 is 0 Å². The Kier molecular flexibility index (Phi) is 7.81. The molecule has 0 N–H and O–H groups in total. The number of para-hydroxylation sites is 2. The molecule has 0 fully saturated rings. The second kappa shape index (κ2) is 11.6. The number of tetrazole rings is 2. The summed E-state index contributed by atoms with van der Waals surface area (Å²) in [4.78, 5) is 0. The van der Waals surface area contributed by atoms with E-state index in [2.05, 4.69) is 55.3 Å². The highest BCUT2D eigenvalue weighted by Gasteiger charge is 2.11. The lowest BCUT2D eigenvalue weighted by atomic mass is 10.2. The van der Waals surface area contributed by atoms with Crippen LogP contribution in [0.1, 0.15) is 11.1 Å². The van der Waals surface area contributed by atoms with Gasteiger partial charge in [-0.25, -0.2) is 0 Å². The van der Waals surface area contributed by atoms with Crippen LogP contribution in [0.4, 0.5) is 0 Å². The van der Waals surface area contributed by atoms with Crippen LogP contribution in [-0.2, 0) is 11.5 Å². The summed E-state index contributed by atoms with van der Waals surface area (Å²) in [6.07, 6.45) is 0. The minimum atomic E-state index is 0.760. The molecule has 34 heavy (non-hydrogen) atoms. The third-order valence-electron chi connectivity index (χ3n) is 4.59. The van der Waals surface area contributed by atoms with E-state index in [1.165, 1.54) is 11.1 Å². The number of aromatic nitrogens is 8. The predicted molar refractivity (Wildman–Crippen MR) is 139 cm³/mol. The topological polar surface area (TPSA) is 87.2 Å². The van der Waals surface area contributed by atoms with Crippen LogP contribution < -0.4 is 0 Å². The number of hydrogen-bond donors (Lipinski definition) is 0. The highest BCUT2D eigenvalue weighted by atomic mass is 33.1. The zero-order valence-electron chi connectivity index (χ0n) is 17.7. The van der Waals surface area contributed by atoms with Crippen molar-refractivity contribution in [3.05, 3.63) is 96.1 Å². The number of hydrogen-bond acceptors (Lipinski definition) is 10. The molecule has 3 aromatic carbocycles. The van der Waals surface area contributed by atoms with Crippen molar-refractivity contribution in [3.63, 3.8) is 0 Å². The largest absolute Gasteiger partial charge is 0.224 e. The first-order chi connectivity index (χ1) is 16.9. The SMILES string of the molecule is c1ccc(-n2nnnc2SSCc2cccc(CSSc3nnnn3-c3ccccc3)c2)cc1. The number of benzene rings is 3. The zero-order chi connectivity index (χ0) is 23.0. The first-order valence-corrected chi connectivity index (χ1v) is 14.8. The van der Waals surface area contributed by atoms with E-state index in [1.54, 1.807) is 52.5 Å². The van der Waals surface area contributed by atoms with Crippen LogP contribution in [0, 0.1) is 0 Å². The van der Waals surface area contributed by atoms with Crippen molar-refractivity contribution in [1.82, 2.24) is 40.4 Å². The maximum atomic E-state index is 4.15. The Bertz CT molecular complexity index is 1230. The monoisotopic (exact) mass is 522 g/mol. The van der Waals surface area contributed by atoms with Crippen molar-refractivity contribution in [2.24, 2.45) is 0 Å². The normalized spacial score (nSPS) is 11.1. The summed E-state index contributed by atoms with van der Waals surface area (Å²) < 4.78 is 3.51. The summed E-state index contributed by atoms with van der Waals surface area (Å²) in [5, 5.41) is 25.7. The fourth-order valence-corrected chi connectivity index (χ4v) is 6.98. The van der Waals surface area contributed by atoms with Crippen LogP contribution in [-0.4, -0.2) is 40.4 Å². The minimum Gasteiger partial charge on any atom is -0.187 e. The molecule has 0 amide bonds. The quantitative estimate of drug-likeness (QED) is 0.219. The molecule has 0 aliphatic rings. The van der Waals surface area contributed by atoms with Gasteiger partial charge in [-0.3, -0.25) is 0 Å². The van der Waals surface area contributed by atoms with Crippen molar-refractivity contribution >= 4 is 43.2 Å². The molecule has 170 valence electrons. The summed E-state index contributed by atoms with van der Waals surface area (Å²) in [6.45, 7) is 0. The number of rotatable bonds is 10. The van der Waals surface area contributed by atoms with Crippen LogP contribution in [0.2, 0.25) is 0 Å². The standard InChI is InChI=1S/C22H18N8S4/c1-3-10-19(11-4-1)29-21(23-25-27-29)33-31-15-17-8-7-9-18(14-17)16-32-34-22-24-26-28-30(22)20-12-5-2-6-13-20/h1-14H,15-16H2. The van der Waals surface area contributed by atoms with Gasteiger partial charge in [-0.2, -0.15) is 9.36 Å². The molecule has 0 radical (unpaired) electrons.